The predicted octanol–water partition coefficient (Wildman–Crippen LogP) is 3.37. The number of hydrogen-bond donors (Lipinski definition) is 1. The monoisotopic (exact) mass is 305 g/mol. The van der Waals surface area contributed by atoms with Gasteiger partial charge in [0.1, 0.15) is 5.56 Å². The maximum atomic E-state index is 12.8. The van der Waals surface area contributed by atoms with E-state index >= 15 is 0 Å². The van der Waals surface area contributed by atoms with Crippen molar-refractivity contribution in [1.82, 2.24) is 4.90 Å². The van der Waals surface area contributed by atoms with Crippen LogP contribution in [0.5, 0.6) is 0 Å². The first-order valence-electron chi connectivity index (χ1n) is 6.38. The fourth-order valence-electron chi connectivity index (χ4n) is 1.82. The summed E-state index contributed by atoms with van der Waals surface area (Å²) < 4.78 is 38.5. The molecule has 21 heavy (non-hydrogen) atoms. The molecule has 8 heteroatoms. The van der Waals surface area contributed by atoms with Crippen LogP contribution in [0.3, 0.4) is 0 Å². The minimum atomic E-state index is -4.76. The molecule has 0 aromatic heterocycles. The molecule has 0 aliphatic carbocycles. The Morgan fingerprint density at radius 1 is 1.38 bits per heavy atom. The summed E-state index contributed by atoms with van der Waals surface area (Å²) in [6.45, 7) is 2.63. The zero-order valence-corrected chi connectivity index (χ0v) is 12.1. The number of alkyl halides is 3. The lowest BCUT2D eigenvalue weighted by atomic mass is 10.1. The largest absolute Gasteiger partial charge is 0.423 e. The van der Waals surface area contributed by atoms with E-state index in [1.54, 1.807) is 0 Å². The van der Waals surface area contributed by atoms with E-state index in [1.165, 1.54) is 6.07 Å². The molecular weight excluding hydrogens is 287 g/mol. The SMILES string of the molecule is CC(CCN(C)C)Nc1ccc([N+](=O)[O-])c(C(F)(F)F)c1. The van der Waals surface area contributed by atoms with Crippen molar-refractivity contribution in [2.45, 2.75) is 25.6 Å². The third kappa shape index (κ3) is 5.22. The van der Waals surface area contributed by atoms with Crippen LogP contribution in [-0.4, -0.2) is 36.5 Å². The van der Waals surface area contributed by atoms with Crippen molar-refractivity contribution in [1.29, 1.82) is 0 Å². The molecule has 0 heterocycles. The lowest BCUT2D eigenvalue weighted by molar-refractivity contribution is -0.388. The van der Waals surface area contributed by atoms with Gasteiger partial charge < -0.3 is 10.2 Å². The Morgan fingerprint density at radius 3 is 2.48 bits per heavy atom. The number of benzene rings is 1. The summed E-state index contributed by atoms with van der Waals surface area (Å²) in [4.78, 5) is 11.6. The second-order valence-electron chi connectivity index (χ2n) is 5.12. The molecule has 0 aliphatic heterocycles. The Kier molecular flexibility index (Phi) is 5.54. The van der Waals surface area contributed by atoms with Crippen LogP contribution < -0.4 is 5.32 Å². The fraction of sp³-hybridized carbons (Fsp3) is 0.538. The third-order valence-electron chi connectivity index (χ3n) is 2.92. The van der Waals surface area contributed by atoms with Crippen molar-refractivity contribution in [3.8, 4) is 0 Å². The summed E-state index contributed by atoms with van der Waals surface area (Å²) in [7, 11) is 3.81. The Bertz CT molecular complexity index is 504. The zero-order chi connectivity index (χ0) is 16.2. The molecule has 0 spiro atoms. The van der Waals surface area contributed by atoms with Gasteiger partial charge in [0, 0.05) is 17.8 Å². The van der Waals surface area contributed by atoms with Crippen molar-refractivity contribution < 1.29 is 18.1 Å². The third-order valence-corrected chi connectivity index (χ3v) is 2.92. The number of rotatable bonds is 6. The van der Waals surface area contributed by atoms with Crippen LogP contribution in [0, 0.1) is 10.1 Å². The molecule has 1 unspecified atom stereocenters. The molecule has 0 radical (unpaired) electrons. The van der Waals surface area contributed by atoms with E-state index in [4.69, 9.17) is 0 Å². The smallest absolute Gasteiger partial charge is 0.383 e. The molecule has 5 nitrogen and oxygen atoms in total. The Balaban J connectivity index is 2.93. The fourth-order valence-corrected chi connectivity index (χ4v) is 1.82. The molecule has 0 amide bonds. The molecule has 118 valence electrons. The molecule has 0 saturated heterocycles. The van der Waals surface area contributed by atoms with Gasteiger partial charge in [-0.25, -0.2) is 0 Å². The van der Waals surface area contributed by atoms with Crippen LogP contribution in [0.15, 0.2) is 18.2 Å². The number of hydrogen-bond acceptors (Lipinski definition) is 4. The van der Waals surface area contributed by atoms with E-state index in [2.05, 4.69) is 5.32 Å². The van der Waals surface area contributed by atoms with Crippen LogP contribution >= 0.6 is 0 Å². The number of nitro benzene ring substituents is 1. The second-order valence-corrected chi connectivity index (χ2v) is 5.12. The average molecular weight is 305 g/mol. The quantitative estimate of drug-likeness (QED) is 0.646. The number of nitrogens with zero attached hydrogens (tertiary/aromatic N) is 2. The highest BCUT2D eigenvalue weighted by Crippen LogP contribution is 2.37. The number of anilines is 1. The minimum Gasteiger partial charge on any atom is -0.383 e. The van der Waals surface area contributed by atoms with Crippen LogP contribution in [0.1, 0.15) is 18.9 Å². The summed E-state index contributed by atoms with van der Waals surface area (Å²) in [5.41, 5.74) is -1.95. The first kappa shape index (κ1) is 17.2. The van der Waals surface area contributed by atoms with Crippen molar-refractivity contribution in [3.63, 3.8) is 0 Å². The first-order chi connectivity index (χ1) is 9.61. The van der Waals surface area contributed by atoms with Crippen LogP contribution in [-0.2, 0) is 6.18 Å². The Hall–Kier alpha value is -1.83. The zero-order valence-electron chi connectivity index (χ0n) is 12.1. The lowest BCUT2D eigenvalue weighted by Gasteiger charge is -2.18. The molecule has 0 fully saturated rings. The molecule has 0 bridgehead atoms. The van der Waals surface area contributed by atoms with Crippen molar-refractivity contribution in [3.05, 3.63) is 33.9 Å². The van der Waals surface area contributed by atoms with Crippen molar-refractivity contribution in [2.24, 2.45) is 0 Å². The highest BCUT2D eigenvalue weighted by atomic mass is 19.4. The molecule has 1 aromatic carbocycles. The lowest BCUT2D eigenvalue weighted by Crippen LogP contribution is -2.23. The molecular formula is C13H18F3N3O2. The Labute approximate surface area is 120 Å². The Morgan fingerprint density at radius 2 is 2.00 bits per heavy atom. The van der Waals surface area contributed by atoms with Gasteiger partial charge in [-0.1, -0.05) is 0 Å². The molecule has 1 atom stereocenters. The summed E-state index contributed by atoms with van der Waals surface area (Å²) in [6, 6.07) is 2.91. The van der Waals surface area contributed by atoms with Gasteiger partial charge in [0.2, 0.25) is 0 Å². The van der Waals surface area contributed by atoms with E-state index < -0.39 is 22.4 Å². The van der Waals surface area contributed by atoms with Crippen molar-refractivity contribution >= 4 is 11.4 Å². The molecule has 1 rings (SSSR count). The number of nitro groups is 1. The van der Waals surface area contributed by atoms with Gasteiger partial charge in [-0.3, -0.25) is 10.1 Å². The summed E-state index contributed by atoms with van der Waals surface area (Å²) in [6.07, 6.45) is -4.02. The molecule has 0 saturated carbocycles. The van der Waals surface area contributed by atoms with E-state index in [1.807, 2.05) is 25.9 Å². The van der Waals surface area contributed by atoms with E-state index in [0.717, 1.165) is 25.1 Å². The number of nitrogens with one attached hydrogen (secondary N) is 1. The predicted molar refractivity (Wildman–Crippen MR) is 74.4 cm³/mol. The number of halogens is 3. The molecule has 1 N–H and O–H groups in total. The van der Waals surface area contributed by atoms with Gasteiger partial charge in [-0.05, 0) is 46.1 Å². The average Bonchev–Trinajstić information content (AvgIpc) is 2.35. The van der Waals surface area contributed by atoms with Gasteiger partial charge in [-0.15, -0.1) is 0 Å². The van der Waals surface area contributed by atoms with Gasteiger partial charge in [0.25, 0.3) is 5.69 Å². The summed E-state index contributed by atoms with van der Waals surface area (Å²) >= 11 is 0. The molecule has 1 aromatic rings. The standard InChI is InChI=1S/C13H18F3N3O2/c1-9(6-7-18(2)3)17-10-4-5-12(19(20)21)11(8-10)13(14,15)16/h4-5,8-9,17H,6-7H2,1-3H3. The maximum Gasteiger partial charge on any atom is 0.423 e. The van der Waals surface area contributed by atoms with Gasteiger partial charge in [0.05, 0.1) is 4.92 Å². The molecule has 0 aliphatic rings. The van der Waals surface area contributed by atoms with E-state index in [-0.39, 0.29) is 11.7 Å². The summed E-state index contributed by atoms with van der Waals surface area (Å²) in [5, 5.41) is 13.6. The maximum absolute atomic E-state index is 12.8. The van der Waals surface area contributed by atoms with Crippen LogP contribution in [0.4, 0.5) is 24.5 Å². The van der Waals surface area contributed by atoms with Gasteiger partial charge >= 0.3 is 6.18 Å². The highest BCUT2D eigenvalue weighted by Gasteiger charge is 2.38. The van der Waals surface area contributed by atoms with Gasteiger partial charge in [0.15, 0.2) is 0 Å². The van der Waals surface area contributed by atoms with E-state index in [9.17, 15) is 23.3 Å². The van der Waals surface area contributed by atoms with Crippen molar-refractivity contribution in [2.75, 3.05) is 26.0 Å². The van der Waals surface area contributed by atoms with E-state index in [0.29, 0.717) is 0 Å². The van der Waals surface area contributed by atoms with Gasteiger partial charge in [-0.2, -0.15) is 13.2 Å². The topological polar surface area (TPSA) is 58.4 Å². The van der Waals surface area contributed by atoms with Crippen LogP contribution in [0.2, 0.25) is 0 Å². The second kappa shape index (κ2) is 6.75. The summed E-state index contributed by atoms with van der Waals surface area (Å²) in [5.74, 6) is 0. The normalized spacial score (nSPS) is 13.3. The first-order valence-corrected chi connectivity index (χ1v) is 6.38. The van der Waals surface area contributed by atoms with Crippen LogP contribution in [0.25, 0.3) is 0 Å². The minimum absolute atomic E-state index is 0.0464. The highest BCUT2D eigenvalue weighted by molar-refractivity contribution is 5.55.